The minimum absolute atomic E-state index is 0.0121. The zero-order chi connectivity index (χ0) is 16.1. The first kappa shape index (κ1) is 16.2. The molecule has 0 aliphatic carbocycles. The molecule has 0 aromatic heterocycles. The number of anilines is 2. The largest absolute Gasteiger partial charge is 0.326 e. The van der Waals surface area contributed by atoms with Gasteiger partial charge in [-0.1, -0.05) is 32.1 Å². The van der Waals surface area contributed by atoms with Crippen molar-refractivity contribution >= 4 is 23.2 Å². The standard InChI is InChI=1S/C17H23N3O2/c1-11(2)10-16(21)19-13-6-4-7-14(12(13)3)20-17(22)15-8-5-9-18-15/h4-8,11,15,18H,9-10H2,1-3H3,(H,19,21)(H,20,22). The Bertz CT molecular complexity index is 594. The molecular formula is C17H23N3O2. The van der Waals surface area contributed by atoms with Crippen molar-refractivity contribution in [3.63, 3.8) is 0 Å². The Morgan fingerprint density at radius 3 is 2.55 bits per heavy atom. The van der Waals surface area contributed by atoms with Gasteiger partial charge in [0.25, 0.3) is 0 Å². The first-order chi connectivity index (χ1) is 10.5. The van der Waals surface area contributed by atoms with Gasteiger partial charge in [-0.15, -0.1) is 0 Å². The van der Waals surface area contributed by atoms with Crippen molar-refractivity contribution in [2.45, 2.75) is 33.2 Å². The molecule has 1 aliphatic heterocycles. The topological polar surface area (TPSA) is 70.2 Å². The van der Waals surface area contributed by atoms with Crippen LogP contribution in [0, 0.1) is 12.8 Å². The van der Waals surface area contributed by atoms with Crippen LogP contribution in [0.4, 0.5) is 11.4 Å². The van der Waals surface area contributed by atoms with Gasteiger partial charge in [0.2, 0.25) is 11.8 Å². The van der Waals surface area contributed by atoms with Crippen molar-refractivity contribution in [1.29, 1.82) is 0 Å². The maximum atomic E-state index is 12.1. The number of amides is 2. The second-order valence-electron chi connectivity index (χ2n) is 5.93. The lowest BCUT2D eigenvalue weighted by Crippen LogP contribution is -2.35. The van der Waals surface area contributed by atoms with Gasteiger partial charge in [0.05, 0.1) is 0 Å². The van der Waals surface area contributed by atoms with E-state index in [2.05, 4.69) is 16.0 Å². The Morgan fingerprint density at radius 2 is 1.95 bits per heavy atom. The zero-order valence-corrected chi connectivity index (χ0v) is 13.3. The maximum absolute atomic E-state index is 12.1. The van der Waals surface area contributed by atoms with Gasteiger partial charge in [-0.2, -0.15) is 0 Å². The molecule has 0 saturated heterocycles. The van der Waals surface area contributed by atoms with E-state index in [9.17, 15) is 9.59 Å². The van der Waals surface area contributed by atoms with Crippen LogP contribution in [0.15, 0.2) is 30.4 Å². The third kappa shape index (κ3) is 4.18. The van der Waals surface area contributed by atoms with E-state index < -0.39 is 0 Å². The Balaban J connectivity index is 2.06. The van der Waals surface area contributed by atoms with Crippen LogP contribution in [0.25, 0.3) is 0 Å². The fourth-order valence-corrected chi connectivity index (χ4v) is 2.34. The second-order valence-corrected chi connectivity index (χ2v) is 5.93. The molecule has 1 heterocycles. The van der Waals surface area contributed by atoms with E-state index in [1.54, 1.807) is 0 Å². The second kappa shape index (κ2) is 7.22. The fourth-order valence-electron chi connectivity index (χ4n) is 2.34. The van der Waals surface area contributed by atoms with Crippen molar-refractivity contribution in [2.75, 3.05) is 17.2 Å². The predicted molar refractivity (Wildman–Crippen MR) is 88.8 cm³/mol. The third-order valence-corrected chi connectivity index (χ3v) is 3.53. The van der Waals surface area contributed by atoms with Gasteiger partial charge in [-0.05, 0) is 30.5 Å². The van der Waals surface area contributed by atoms with Gasteiger partial charge in [-0.3, -0.25) is 14.9 Å². The number of carbonyl (C=O) groups is 2. The van der Waals surface area contributed by atoms with Gasteiger partial charge in [0, 0.05) is 24.3 Å². The summed E-state index contributed by atoms with van der Waals surface area (Å²) in [7, 11) is 0. The minimum Gasteiger partial charge on any atom is -0.326 e. The van der Waals surface area contributed by atoms with Crippen LogP contribution in [0.1, 0.15) is 25.8 Å². The Kier molecular flexibility index (Phi) is 5.33. The van der Waals surface area contributed by atoms with Gasteiger partial charge in [-0.25, -0.2) is 0 Å². The lowest BCUT2D eigenvalue weighted by molar-refractivity contribution is -0.117. The van der Waals surface area contributed by atoms with Gasteiger partial charge < -0.3 is 10.6 Å². The number of rotatable bonds is 5. The summed E-state index contributed by atoms with van der Waals surface area (Å²) in [5.74, 6) is 0.202. The Morgan fingerprint density at radius 1 is 1.27 bits per heavy atom. The molecule has 3 N–H and O–H groups in total. The predicted octanol–water partition coefficient (Wildman–Crippen LogP) is 2.45. The molecule has 1 aromatic carbocycles. The third-order valence-electron chi connectivity index (χ3n) is 3.53. The summed E-state index contributed by atoms with van der Waals surface area (Å²) < 4.78 is 0. The van der Waals surface area contributed by atoms with E-state index in [1.165, 1.54) is 0 Å². The van der Waals surface area contributed by atoms with Crippen molar-refractivity contribution in [3.8, 4) is 0 Å². The van der Waals surface area contributed by atoms with Crippen LogP contribution in [0.5, 0.6) is 0 Å². The summed E-state index contributed by atoms with van der Waals surface area (Å²) in [6, 6.07) is 5.21. The molecule has 1 aromatic rings. The number of hydrogen-bond acceptors (Lipinski definition) is 3. The lowest BCUT2D eigenvalue weighted by atomic mass is 10.1. The molecule has 118 valence electrons. The van der Waals surface area contributed by atoms with Crippen molar-refractivity contribution in [2.24, 2.45) is 5.92 Å². The monoisotopic (exact) mass is 301 g/mol. The normalized spacial score (nSPS) is 16.8. The average Bonchev–Trinajstić information content (AvgIpc) is 2.96. The van der Waals surface area contributed by atoms with Crippen molar-refractivity contribution in [3.05, 3.63) is 35.9 Å². The molecule has 1 unspecified atom stereocenters. The summed E-state index contributed by atoms with van der Waals surface area (Å²) in [4.78, 5) is 24.0. The maximum Gasteiger partial charge on any atom is 0.245 e. The van der Waals surface area contributed by atoms with Crippen LogP contribution >= 0.6 is 0 Å². The molecule has 0 bridgehead atoms. The van der Waals surface area contributed by atoms with Crippen LogP contribution < -0.4 is 16.0 Å². The van der Waals surface area contributed by atoms with E-state index in [-0.39, 0.29) is 17.9 Å². The quantitative estimate of drug-likeness (QED) is 0.732. The summed E-state index contributed by atoms with van der Waals surface area (Å²) in [6.45, 7) is 6.61. The number of nitrogens with one attached hydrogen (secondary N) is 3. The number of hydrogen-bond donors (Lipinski definition) is 3. The summed E-state index contributed by atoms with van der Waals surface area (Å²) in [6.07, 6.45) is 4.26. The molecule has 0 radical (unpaired) electrons. The SMILES string of the molecule is Cc1c(NC(=O)CC(C)C)cccc1NC(=O)C1C=CCN1. The highest BCUT2D eigenvalue weighted by atomic mass is 16.2. The molecule has 5 nitrogen and oxygen atoms in total. The van der Waals surface area contributed by atoms with Crippen LogP contribution in [-0.2, 0) is 9.59 Å². The zero-order valence-electron chi connectivity index (χ0n) is 13.3. The van der Waals surface area contributed by atoms with Crippen LogP contribution in [0.3, 0.4) is 0 Å². The van der Waals surface area contributed by atoms with Gasteiger partial charge in [0.15, 0.2) is 0 Å². The van der Waals surface area contributed by atoms with E-state index in [1.807, 2.05) is 51.1 Å². The molecule has 1 aliphatic rings. The van der Waals surface area contributed by atoms with Gasteiger partial charge in [0.1, 0.15) is 6.04 Å². The highest BCUT2D eigenvalue weighted by Gasteiger charge is 2.18. The van der Waals surface area contributed by atoms with Crippen LogP contribution in [0.2, 0.25) is 0 Å². The van der Waals surface area contributed by atoms with E-state index >= 15 is 0 Å². The minimum atomic E-state index is -0.293. The fraction of sp³-hybridized carbons (Fsp3) is 0.412. The average molecular weight is 301 g/mol. The Labute approximate surface area is 131 Å². The molecule has 22 heavy (non-hydrogen) atoms. The summed E-state index contributed by atoms with van der Waals surface area (Å²) in [5, 5.41) is 8.88. The highest BCUT2D eigenvalue weighted by molar-refractivity contribution is 5.99. The molecule has 0 saturated carbocycles. The number of benzene rings is 1. The smallest absolute Gasteiger partial charge is 0.245 e. The molecule has 5 heteroatoms. The Hall–Kier alpha value is -2.14. The first-order valence-corrected chi connectivity index (χ1v) is 7.57. The summed E-state index contributed by atoms with van der Waals surface area (Å²) >= 11 is 0. The molecule has 1 atom stereocenters. The van der Waals surface area contributed by atoms with E-state index in [0.717, 1.165) is 16.9 Å². The van der Waals surface area contributed by atoms with Crippen LogP contribution in [-0.4, -0.2) is 24.4 Å². The molecule has 2 rings (SSSR count). The van der Waals surface area contributed by atoms with E-state index in [4.69, 9.17) is 0 Å². The molecule has 0 spiro atoms. The van der Waals surface area contributed by atoms with E-state index in [0.29, 0.717) is 18.9 Å². The summed E-state index contributed by atoms with van der Waals surface area (Å²) in [5.41, 5.74) is 2.31. The van der Waals surface area contributed by atoms with Crippen molar-refractivity contribution in [1.82, 2.24) is 5.32 Å². The molecular weight excluding hydrogens is 278 g/mol. The lowest BCUT2D eigenvalue weighted by Gasteiger charge is -2.15. The number of carbonyl (C=O) groups excluding carboxylic acids is 2. The van der Waals surface area contributed by atoms with Crippen molar-refractivity contribution < 1.29 is 9.59 Å². The van der Waals surface area contributed by atoms with Gasteiger partial charge >= 0.3 is 0 Å². The highest BCUT2D eigenvalue weighted by Crippen LogP contribution is 2.24. The first-order valence-electron chi connectivity index (χ1n) is 7.57. The molecule has 2 amide bonds. The molecule has 0 fully saturated rings.